The number of nitrogens with one attached hydrogen (secondary N) is 2. The van der Waals surface area contributed by atoms with Crippen molar-refractivity contribution in [3.63, 3.8) is 0 Å². The van der Waals surface area contributed by atoms with E-state index < -0.39 is 34.5 Å². The summed E-state index contributed by atoms with van der Waals surface area (Å²) in [6, 6.07) is -1.22. The SMILES string of the molecule is N=[S-](=P)NC(CC(=O)O)C(=O)O. The summed E-state index contributed by atoms with van der Waals surface area (Å²) in [4.78, 5) is 20.5. The lowest BCUT2D eigenvalue weighted by Crippen LogP contribution is -2.36. The Morgan fingerprint density at radius 2 is 2.08 bits per heavy atom. The van der Waals surface area contributed by atoms with E-state index in [4.69, 9.17) is 15.0 Å². The van der Waals surface area contributed by atoms with E-state index in [0.717, 1.165) is 0 Å². The van der Waals surface area contributed by atoms with Crippen molar-refractivity contribution in [2.75, 3.05) is 0 Å². The Bertz CT molecular complexity index is 256. The molecule has 0 aliphatic heterocycles. The number of carboxylic acid groups (broad SMARTS) is 2. The van der Waals surface area contributed by atoms with Gasteiger partial charge in [0.05, 0.1) is 12.5 Å². The lowest BCUT2D eigenvalue weighted by atomic mass is 10.2. The van der Waals surface area contributed by atoms with E-state index in [9.17, 15) is 9.59 Å². The molecule has 70 valence electrons. The molecule has 0 spiro atoms. The van der Waals surface area contributed by atoms with Gasteiger partial charge in [-0.15, -0.1) is 0 Å². The first-order valence-electron chi connectivity index (χ1n) is 2.81. The van der Waals surface area contributed by atoms with E-state index in [2.05, 4.69) is 12.7 Å². The second-order valence-electron chi connectivity index (χ2n) is 1.91. The maximum Gasteiger partial charge on any atom is 0.319 e. The van der Waals surface area contributed by atoms with Gasteiger partial charge in [0, 0.05) is 0 Å². The minimum atomic E-state index is -1.28. The summed E-state index contributed by atoms with van der Waals surface area (Å²) in [5.41, 5.74) is 0. The van der Waals surface area contributed by atoms with E-state index >= 15 is 0 Å². The molecule has 12 heavy (non-hydrogen) atoms. The van der Waals surface area contributed by atoms with Crippen molar-refractivity contribution in [2.24, 2.45) is 0 Å². The molecule has 1 atom stereocenters. The lowest BCUT2D eigenvalue weighted by Gasteiger charge is -2.15. The van der Waals surface area contributed by atoms with E-state index in [0.29, 0.717) is 0 Å². The van der Waals surface area contributed by atoms with Gasteiger partial charge >= 0.3 is 11.9 Å². The molecule has 0 radical (unpaired) electrons. The molecule has 0 bridgehead atoms. The van der Waals surface area contributed by atoms with E-state index in [1.54, 1.807) is 0 Å². The quantitative estimate of drug-likeness (QED) is 0.373. The molecule has 0 heterocycles. The van der Waals surface area contributed by atoms with Gasteiger partial charge in [0.1, 0.15) is 0 Å². The number of rotatable bonds is 5. The highest BCUT2D eigenvalue weighted by Crippen LogP contribution is 1.93. The van der Waals surface area contributed by atoms with Crippen LogP contribution in [-0.2, 0) is 19.6 Å². The molecule has 0 saturated heterocycles. The Labute approximate surface area is 72.5 Å². The molecule has 1 unspecified atom stereocenters. The van der Waals surface area contributed by atoms with Crippen LogP contribution in [0.2, 0.25) is 0 Å². The molecule has 0 aliphatic carbocycles. The van der Waals surface area contributed by atoms with Crippen LogP contribution >= 0.6 is 8.02 Å². The molecule has 0 rings (SSSR count). The van der Waals surface area contributed by atoms with Crippen LogP contribution in [-0.4, -0.2) is 28.2 Å². The first-order chi connectivity index (χ1) is 5.43. The molecular formula is C4H8N2O4PS-. The summed E-state index contributed by atoms with van der Waals surface area (Å²) in [5.74, 6) is -2.49. The van der Waals surface area contributed by atoms with Crippen LogP contribution in [0.5, 0.6) is 0 Å². The predicted molar refractivity (Wildman–Crippen MR) is 45.2 cm³/mol. The summed E-state index contributed by atoms with van der Waals surface area (Å²) in [6.45, 7) is 0. The van der Waals surface area contributed by atoms with Crippen molar-refractivity contribution >= 4 is 30.0 Å². The van der Waals surface area contributed by atoms with Gasteiger partial charge in [0.25, 0.3) is 0 Å². The van der Waals surface area contributed by atoms with Crippen LogP contribution in [0, 0.1) is 4.78 Å². The predicted octanol–water partition coefficient (Wildman–Crippen LogP) is -0.143. The average Bonchev–Trinajstić information content (AvgIpc) is 1.83. The second kappa shape index (κ2) is 5.08. The maximum absolute atomic E-state index is 10.3. The standard InChI is InChI=1S/C4H8N2O4PS/c5-12(11)6-2(4(9)10)1-3(7)8/h2,11H,1H2,(H2,5,6)(H,7,8)(H,9,10)/q-1. The van der Waals surface area contributed by atoms with Crippen molar-refractivity contribution in [2.45, 2.75) is 12.5 Å². The number of hydrogen-bond donors (Lipinski definition) is 4. The molecule has 0 aromatic rings. The minimum Gasteiger partial charge on any atom is -0.481 e. The fraction of sp³-hybridized carbons (Fsp3) is 0.500. The minimum absolute atomic E-state index is 0.539. The van der Waals surface area contributed by atoms with E-state index in [-0.39, 0.29) is 0 Å². The zero-order valence-corrected chi connectivity index (χ0v) is 7.72. The number of aliphatic carboxylic acids is 2. The second-order valence-corrected chi connectivity index (χ2v) is 3.99. The molecule has 4 N–H and O–H groups in total. The number of carbonyl (C=O) groups is 2. The van der Waals surface area contributed by atoms with Crippen molar-refractivity contribution in [3.8, 4) is 0 Å². The van der Waals surface area contributed by atoms with E-state index in [1.165, 1.54) is 0 Å². The topological polar surface area (TPSA) is 110 Å². The molecule has 8 heteroatoms. The highest BCUT2D eigenvalue weighted by atomic mass is 32.5. The molecule has 0 fully saturated rings. The molecule has 0 amide bonds. The van der Waals surface area contributed by atoms with Gasteiger partial charge in [-0.05, 0) is 0 Å². The number of carboxylic acids is 2. The van der Waals surface area contributed by atoms with Gasteiger partial charge in [-0.2, -0.15) is 0 Å². The summed E-state index contributed by atoms with van der Waals surface area (Å²) >= 11 is 0. The van der Waals surface area contributed by atoms with Crippen molar-refractivity contribution in [3.05, 3.63) is 0 Å². The fourth-order valence-corrected chi connectivity index (χ4v) is 1.39. The van der Waals surface area contributed by atoms with Crippen molar-refractivity contribution in [1.82, 2.24) is 4.72 Å². The Morgan fingerprint density at radius 1 is 1.58 bits per heavy atom. The van der Waals surface area contributed by atoms with Crippen molar-refractivity contribution < 1.29 is 19.8 Å². The highest BCUT2D eigenvalue weighted by Gasteiger charge is 2.16. The van der Waals surface area contributed by atoms with Crippen LogP contribution in [0.4, 0.5) is 0 Å². The van der Waals surface area contributed by atoms with Gasteiger partial charge in [0.15, 0.2) is 0 Å². The molecule has 6 nitrogen and oxygen atoms in total. The van der Waals surface area contributed by atoms with Gasteiger partial charge < -0.3 is 29.8 Å². The first-order valence-corrected chi connectivity index (χ1v) is 5.26. The molecular weight excluding hydrogens is 203 g/mol. The fourth-order valence-electron chi connectivity index (χ4n) is 0.496. The largest absolute Gasteiger partial charge is 0.481 e. The third kappa shape index (κ3) is 5.06. The van der Waals surface area contributed by atoms with Gasteiger partial charge in [-0.25, -0.2) is 8.02 Å². The van der Waals surface area contributed by atoms with Gasteiger partial charge in [-0.1, -0.05) is 0 Å². The van der Waals surface area contributed by atoms with Crippen LogP contribution in [0.25, 0.3) is 0 Å². The first kappa shape index (κ1) is 11.4. The summed E-state index contributed by atoms with van der Waals surface area (Å²) in [6.07, 6.45) is -0.539. The number of hydrogen-bond acceptors (Lipinski definition) is 4. The van der Waals surface area contributed by atoms with Crippen LogP contribution in [0.15, 0.2) is 0 Å². The zero-order valence-electron chi connectivity index (χ0n) is 5.90. The molecule has 0 aromatic carbocycles. The van der Waals surface area contributed by atoms with Crippen LogP contribution in [0.3, 0.4) is 0 Å². The molecule has 0 aromatic heterocycles. The lowest BCUT2D eigenvalue weighted by molar-refractivity contribution is -0.145. The Hall–Kier alpha value is -0.650. The Kier molecular flexibility index (Phi) is 4.80. The van der Waals surface area contributed by atoms with Crippen molar-refractivity contribution in [1.29, 1.82) is 4.78 Å². The van der Waals surface area contributed by atoms with Crippen LogP contribution in [0.1, 0.15) is 6.42 Å². The monoisotopic (exact) mass is 211 g/mol. The molecule has 0 saturated carbocycles. The Morgan fingerprint density at radius 3 is 2.33 bits per heavy atom. The normalized spacial score (nSPS) is 12.8. The smallest absolute Gasteiger partial charge is 0.319 e. The third-order valence-corrected chi connectivity index (χ3v) is 1.81. The summed E-state index contributed by atoms with van der Waals surface area (Å²) < 4.78 is 9.16. The summed E-state index contributed by atoms with van der Waals surface area (Å²) in [5, 5.41) is 16.7. The van der Waals surface area contributed by atoms with E-state index in [1.807, 2.05) is 0 Å². The average molecular weight is 211 g/mol. The highest BCUT2D eigenvalue weighted by molar-refractivity contribution is 8.06. The third-order valence-electron chi connectivity index (χ3n) is 0.937. The zero-order chi connectivity index (χ0) is 9.72. The van der Waals surface area contributed by atoms with Crippen LogP contribution < -0.4 is 4.72 Å². The summed E-state index contributed by atoms with van der Waals surface area (Å²) in [7, 11) is 1.59. The maximum atomic E-state index is 10.3. The Balaban J connectivity index is 4.23. The van der Waals surface area contributed by atoms with Gasteiger partial charge in [0.2, 0.25) is 0 Å². The van der Waals surface area contributed by atoms with Gasteiger partial charge in [-0.3, -0.25) is 9.59 Å². The molecule has 0 aliphatic rings.